The third kappa shape index (κ3) is 5.27. The fourth-order valence-corrected chi connectivity index (χ4v) is 3.59. The van der Waals surface area contributed by atoms with Gasteiger partial charge in [0.1, 0.15) is 11.6 Å². The number of carbonyl (C=O) groups is 1. The predicted molar refractivity (Wildman–Crippen MR) is 115 cm³/mol. The SMILES string of the molecule is O=C(c1cccc(F)c1)N(Cc1cccc(F)c1)CC1CC(c2ccc(Cl)cc2)=NO1. The molecule has 0 radical (unpaired) electrons. The maximum absolute atomic E-state index is 13.7. The topological polar surface area (TPSA) is 41.9 Å². The number of nitrogens with zero attached hydrogens (tertiary/aromatic N) is 2. The molecule has 1 heterocycles. The van der Waals surface area contributed by atoms with Gasteiger partial charge in [0, 0.05) is 23.6 Å². The molecule has 1 aliphatic rings. The van der Waals surface area contributed by atoms with Crippen LogP contribution in [-0.2, 0) is 11.4 Å². The van der Waals surface area contributed by atoms with Crippen molar-refractivity contribution in [1.82, 2.24) is 4.90 Å². The van der Waals surface area contributed by atoms with Gasteiger partial charge in [0.05, 0.1) is 12.3 Å². The Bertz CT molecular complexity index is 1120. The second kappa shape index (κ2) is 9.27. The van der Waals surface area contributed by atoms with Gasteiger partial charge in [-0.05, 0) is 53.6 Å². The highest BCUT2D eigenvalue weighted by Gasteiger charge is 2.27. The summed E-state index contributed by atoms with van der Waals surface area (Å²) in [5.74, 6) is -1.25. The van der Waals surface area contributed by atoms with Crippen LogP contribution in [0.1, 0.15) is 27.9 Å². The Balaban J connectivity index is 1.52. The first-order valence-corrected chi connectivity index (χ1v) is 10.1. The van der Waals surface area contributed by atoms with Gasteiger partial charge in [0.25, 0.3) is 5.91 Å². The van der Waals surface area contributed by atoms with E-state index in [1.54, 1.807) is 30.3 Å². The Kier molecular flexibility index (Phi) is 6.28. The number of rotatable bonds is 6. The summed E-state index contributed by atoms with van der Waals surface area (Å²) >= 11 is 5.94. The van der Waals surface area contributed by atoms with Crippen LogP contribution in [0.5, 0.6) is 0 Å². The third-order valence-corrected chi connectivity index (χ3v) is 5.21. The molecule has 0 fully saturated rings. The fraction of sp³-hybridized carbons (Fsp3) is 0.167. The molecule has 0 spiro atoms. The van der Waals surface area contributed by atoms with Crippen LogP contribution < -0.4 is 0 Å². The van der Waals surface area contributed by atoms with Gasteiger partial charge in [0.15, 0.2) is 6.10 Å². The normalized spacial score (nSPS) is 15.3. The molecule has 158 valence electrons. The smallest absolute Gasteiger partial charge is 0.254 e. The Morgan fingerprint density at radius 2 is 1.74 bits per heavy atom. The summed E-state index contributed by atoms with van der Waals surface area (Å²) in [5.41, 5.74) is 2.49. The molecule has 0 N–H and O–H groups in total. The average molecular weight is 441 g/mol. The summed E-state index contributed by atoms with van der Waals surface area (Å²) < 4.78 is 27.3. The lowest BCUT2D eigenvalue weighted by Crippen LogP contribution is -2.37. The fourth-order valence-electron chi connectivity index (χ4n) is 3.46. The van der Waals surface area contributed by atoms with E-state index in [-0.39, 0.29) is 36.5 Å². The molecule has 0 saturated heterocycles. The number of hydrogen-bond donors (Lipinski definition) is 0. The maximum Gasteiger partial charge on any atom is 0.254 e. The molecule has 0 aromatic heterocycles. The average Bonchev–Trinajstić information content (AvgIpc) is 3.22. The highest BCUT2D eigenvalue weighted by molar-refractivity contribution is 6.30. The molecule has 0 saturated carbocycles. The van der Waals surface area contributed by atoms with E-state index in [4.69, 9.17) is 16.4 Å². The van der Waals surface area contributed by atoms with Gasteiger partial charge in [-0.3, -0.25) is 4.79 Å². The van der Waals surface area contributed by atoms with Crippen molar-refractivity contribution >= 4 is 23.2 Å². The Morgan fingerprint density at radius 1 is 1.03 bits per heavy atom. The van der Waals surface area contributed by atoms with Crippen LogP contribution in [0.25, 0.3) is 0 Å². The van der Waals surface area contributed by atoms with Gasteiger partial charge in [0.2, 0.25) is 0 Å². The van der Waals surface area contributed by atoms with E-state index in [0.29, 0.717) is 17.0 Å². The lowest BCUT2D eigenvalue weighted by Gasteiger charge is -2.25. The van der Waals surface area contributed by atoms with Crippen molar-refractivity contribution in [2.45, 2.75) is 19.1 Å². The first-order valence-electron chi connectivity index (χ1n) is 9.76. The van der Waals surface area contributed by atoms with Crippen LogP contribution >= 0.6 is 11.6 Å². The van der Waals surface area contributed by atoms with E-state index in [1.165, 1.54) is 35.2 Å². The standard InChI is InChI=1S/C24H19ClF2N2O2/c25-19-9-7-17(8-10-19)23-13-22(31-28-23)15-29(14-16-3-1-5-20(26)11-16)24(30)18-4-2-6-21(27)12-18/h1-12,22H,13-15H2. The van der Waals surface area contributed by atoms with Crippen LogP contribution in [0.4, 0.5) is 8.78 Å². The quantitative estimate of drug-likeness (QED) is 0.511. The second-order valence-electron chi connectivity index (χ2n) is 7.30. The Morgan fingerprint density at radius 3 is 2.45 bits per heavy atom. The number of amides is 1. The van der Waals surface area contributed by atoms with E-state index in [2.05, 4.69) is 5.16 Å². The summed E-state index contributed by atoms with van der Waals surface area (Å²) in [6.07, 6.45) is 0.120. The van der Waals surface area contributed by atoms with Crippen LogP contribution in [0.2, 0.25) is 5.02 Å². The Labute approximate surface area is 183 Å². The van der Waals surface area contributed by atoms with E-state index < -0.39 is 5.82 Å². The van der Waals surface area contributed by atoms with Gasteiger partial charge in [-0.1, -0.05) is 47.1 Å². The maximum atomic E-state index is 13.7. The summed E-state index contributed by atoms with van der Waals surface area (Å²) in [6.45, 7) is 0.371. The van der Waals surface area contributed by atoms with Crippen molar-refractivity contribution in [2.75, 3.05) is 6.54 Å². The largest absolute Gasteiger partial charge is 0.390 e. The van der Waals surface area contributed by atoms with Crippen molar-refractivity contribution < 1.29 is 18.4 Å². The molecule has 3 aromatic carbocycles. The summed E-state index contributed by atoms with van der Waals surface area (Å²) in [7, 11) is 0. The van der Waals surface area contributed by atoms with Crippen LogP contribution in [0, 0.1) is 11.6 Å². The van der Waals surface area contributed by atoms with Crippen LogP contribution in [0.15, 0.2) is 78.0 Å². The molecule has 1 atom stereocenters. The molecule has 4 nitrogen and oxygen atoms in total. The lowest BCUT2D eigenvalue weighted by atomic mass is 10.0. The van der Waals surface area contributed by atoms with Gasteiger partial charge < -0.3 is 9.74 Å². The lowest BCUT2D eigenvalue weighted by molar-refractivity contribution is 0.0404. The van der Waals surface area contributed by atoms with Crippen LogP contribution in [-0.4, -0.2) is 29.2 Å². The van der Waals surface area contributed by atoms with Crippen LogP contribution in [0.3, 0.4) is 0 Å². The summed E-state index contributed by atoms with van der Waals surface area (Å²) in [6, 6.07) is 18.8. The highest BCUT2D eigenvalue weighted by atomic mass is 35.5. The zero-order chi connectivity index (χ0) is 21.8. The number of hydrogen-bond acceptors (Lipinski definition) is 3. The minimum Gasteiger partial charge on any atom is -0.390 e. The van der Waals surface area contributed by atoms with Crippen molar-refractivity contribution in [3.8, 4) is 0 Å². The first kappa shape index (κ1) is 21.0. The second-order valence-corrected chi connectivity index (χ2v) is 7.74. The first-order chi connectivity index (χ1) is 15.0. The van der Waals surface area contributed by atoms with E-state index in [0.717, 1.165) is 11.3 Å². The number of halogens is 3. The molecule has 1 unspecified atom stereocenters. The molecular weight excluding hydrogens is 422 g/mol. The molecule has 7 heteroatoms. The van der Waals surface area contributed by atoms with Gasteiger partial charge in [-0.2, -0.15) is 0 Å². The molecule has 0 bridgehead atoms. The number of benzene rings is 3. The number of oxime groups is 1. The van der Waals surface area contributed by atoms with E-state index in [9.17, 15) is 13.6 Å². The summed E-state index contributed by atoms with van der Waals surface area (Å²) in [5, 5.41) is 4.78. The summed E-state index contributed by atoms with van der Waals surface area (Å²) in [4.78, 5) is 20.2. The molecular formula is C24H19ClF2N2O2. The predicted octanol–water partition coefficient (Wildman–Crippen LogP) is 5.45. The van der Waals surface area contributed by atoms with Gasteiger partial charge in [-0.15, -0.1) is 0 Å². The minimum atomic E-state index is -0.498. The number of carbonyl (C=O) groups excluding carboxylic acids is 1. The highest BCUT2D eigenvalue weighted by Crippen LogP contribution is 2.21. The monoisotopic (exact) mass is 440 g/mol. The minimum absolute atomic E-state index is 0.156. The molecule has 1 amide bonds. The van der Waals surface area contributed by atoms with E-state index >= 15 is 0 Å². The molecule has 3 aromatic rings. The third-order valence-electron chi connectivity index (χ3n) is 4.96. The van der Waals surface area contributed by atoms with Crippen molar-refractivity contribution in [3.63, 3.8) is 0 Å². The Hall–Kier alpha value is -3.25. The van der Waals surface area contributed by atoms with Gasteiger partial charge >= 0.3 is 0 Å². The zero-order valence-electron chi connectivity index (χ0n) is 16.5. The molecule has 1 aliphatic heterocycles. The van der Waals surface area contributed by atoms with Crippen molar-refractivity contribution in [2.24, 2.45) is 5.16 Å². The molecule has 4 rings (SSSR count). The van der Waals surface area contributed by atoms with E-state index in [1.807, 2.05) is 12.1 Å². The van der Waals surface area contributed by atoms with Gasteiger partial charge in [-0.25, -0.2) is 8.78 Å². The zero-order valence-corrected chi connectivity index (χ0v) is 17.2. The molecule has 31 heavy (non-hydrogen) atoms. The van der Waals surface area contributed by atoms with Crippen molar-refractivity contribution in [1.29, 1.82) is 0 Å². The van der Waals surface area contributed by atoms with Crippen molar-refractivity contribution in [3.05, 3.63) is 106 Å². The molecule has 0 aliphatic carbocycles.